The quantitative estimate of drug-likeness (QED) is 0.942. The molecular weight excluding hydrogens is 268 g/mol. The van der Waals surface area contributed by atoms with Gasteiger partial charge in [-0.25, -0.2) is 0 Å². The van der Waals surface area contributed by atoms with Crippen molar-refractivity contribution in [3.63, 3.8) is 0 Å². The van der Waals surface area contributed by atoms with E-state index in [2.05, 4.69) is 15.4 Å². The first-order valence-electron chi connectivity index (χ1n) is 7.43. The van der Waals surface area contributed by atoms with Crippen LogP contribution in [0.2, 0.25) is 0 Å². The molecule has 0 aliphatic carbocycles. The average molecular weight is 288 g/mol. The first-order valence-corrected chi connectivity index (χ1v) is 7.43. The SMILES string of the molecule is CC(C)c1cc(C(=O)N2CCCCC2c2ccn[nH]2)on1. The van der Waals surface area contributed by atoms with Gasteiger partial charge in [-0.05, 0) is 31.2 Å². The fourth-order valence-electron chi connectivity index (χ4n) is 2.75. The van der Waals surface area contributed by atoms with Gasteiger partial charge < -0.3 is 9.42 Å². The summed E-state index contributed by atoms with van der Waals surface area (Å²) in [6, 6.07) is 3.73. The molecule has 0 saturated carbocycles. The minimum Gasteiger partial charge on any atom is -0.351 e. The maximum Gasteiger partial charge on any atom is 0.293 e. The molecule has 1 aliphatic rings. The standard InChI is InChI=1S/C15H20N4O2/c1-10(2)12-9-14(21-18-12)15(20)19-8-4-3-5-13(19)11-6-7-16-17-11/h6-7,9-10,13H,3-5,8H2,1-2H3,(H,16,17). The molecule has 0 bridgehead atoms. The Morgan fingerprint density at radius 3 is 3.00 bits per heavy atom. The summed E-state index contributed by atoms with van der Waals surface area (Å²) in [4.78, 5) is 14.6. The van der Waals surface area contributed by atoms with E-state index in [9.17, 15) is 4.79 Å². The van der Waals surface area contributed by atoms with Crippen LogP contribution < -0.4 is 0 Å². The van der Waals surface area contributed by atoms with Crippen molar-refractivity contribution < 1.29 is 9.32 Å². The van der Waals surface area contributed by atoms with Gasteiger partial charge in [0.2, 0.25) is 5.76 Å². The largest absolute Gasteiger partial charge is 0.351 e. The molecule has 1 amide bonds. The van der Waals surface area contributed by atoms with Gasteiger partial charge in [-0.2, -0.15) is 5.10 Å². The number of rotatable bonds is 3. The van der Waals surface area contributed by atoms with Crippen LogP contribution >= 0.6 is 0 Å². The van der Waals surface area contributed by atoms with E-state index in [1.54, 1.807) is 12.3 Å². The number of piperidine rings is 1. The summed E-state index contributed by atoms with van der Waals surface area (Å²) in [5.41, 5.74) is 1.79. The Kier molecular flexibility index (Phi) is 3.77. The number of aromatic amines is 1. The third-order valence-electron chi connectivity index (χ3n) is 3.98. The second kappa shape index (κ2) is 5.71. The lowest BCUT2D eigenvalue weighted by Crippen LogP contribution is -2.38. The van der Waals surface area contributed by atoms with Crippen molar-refractivity contribution in [3.8, 4) is 0 Å². The van der Waals surface area contributed by atoms with Crippen LogP contribution in [0, 0.1) is 0 Å². The number of nitrogens with one attached hydrogen (secondary N) is 1. The number of carbonyl (C=O) groups is 1. The summed E-state index contributed by atoms with van der Waals surface area (Å²) < 4.78 is 5.24. The Bertz CT molecular complexity index is 603. The Balaban J connectivity index is 1.83. The molecule has 21 heavy (non-hydrogen) atoms. The van der Waals surface area contributed by atoms with E-state index in [1.807, 2.05) is 24.8 Å². The number of hydrogen-bond donors (Lipinski definition) is 1. The number of H-pyrrole nitrogens is 1. The fraction of sp³-hybridized carbons (Fsp3) is 0.533. The molecule has 1 saturated heterocycles. The van der Waals surface area contributed by atoms with Crippen molar-refractivity contribution in [2.45, 2.75) is 45.1 Å². The van der Waals surface area contributed by atoms with Crippen LogP contribution in [-0.4, -0.2) is 32.7 Å². The van der Waals surface area contributed by atoms with Gasteiger partial charge in [-0.1, -0.05) is 19.0 Å². The summed E-state index contributed by atoms with van der Waals surface area (Å²) >= 11 is 0. The second-order valence-corrected chi connectivity index (χ2v) is 5.79. The van der Waals surface area contributed by atoms with E-state index in [-0.39, 0.29) is 17.9 Å². The van der Waals surface area contributed by atoms with E-state index < -0.39 is 0 Å². The van der Waals surface area contributed by atoms with E-state index in [1.165, 1.54) is 0 Å². The van der Waals surface area contributed by atoms with Gasteiger partial charge in [0.05, 0.1) is 17.4 Å². The van der Waals surface area contributed by atoms with Crippen LogP contribution in [0.3, 0.4) is 0 Å². The zero-order valence-corrected chi connectivity index (χ0v) is 12.4. The molecule has 1 atom stereocenters. The molecule has 1 N–H and O–H groups in total. The summed E-state index contributed by atoms with van der Waals surface area (Å²) in [6.07, 6.45) is 4.79. The Labute approximate surface area is 123 Å². The lowest BCUT2D eigenvalue weighted by Gasteiger charge is -2.34. The van der Waals surface area contributed by atoms with Crippen molar-refractivity contribution in [1.82, 2.24) is 20.3 Å². The smallest absolute Gasteiger partial charge is 0.293 e. The molecular formula is C15H20N4O2. The van der Waals surface area contributed by atoms with Crippen molar-refractivity contribution in [1.29, 1.82) is 0 Å². The maximum atomic E-state index is 12.7. The zero-order chi connectivity index (χ0) is 14.8. The summed E-state index contributed by atoms with van der Waals surface area (Å²) in [5, 5.41) is 10.9. The van der Waals surface area contributed by atoms with Gasteiger partial charge in [-0.15, -0.1) is 0 Å². The topological polar surface area (TPSA) is 75.0 Å². The molecule has 6 heteroatoms. The van der Waals surface area contributed by atoms with Crippen molar-refractivity contribution >= 4 is 5.91 Å². The molecule has 2 aromatic rings. The summed E-state index contributed by atoms with van der Waals surface area (Å²) in [6.45, 7) is 4.79. The first-order chi connectivity index (χ1) is 10.2. The molecule has 112 valence electrons. The minimum absolute atomic E-state index is 0.0429. The summed E-state index contributed by atoms with van der Waals surface area (Å²) in [5.74, 6) is 0.485. The fourth-order valence-corrected chi connectivity index (χ4v) is 2.75. The molecule has 6 nitrogen and oxygen atoms in total. The van der Waals surface area contributed by atoms with E-state index in [0.717, 1.165) is 37.2 Å². The average Bonchev–Trinajstić information content (AvgIpc) is 3.18. The number of amides is 1. The predicted molar refractivity (Wildman–Crippen MR) is 76.8 cm³/mol. The lowest BCUT2D eigenvalue weighted by molar-refractivity contribution is 0.0563. The predicted octanol–water partition coefficient (Wildman–Crippen LogP) is 2.89. The molecule has 0 spiro atoms. The van der Waals surface area contributed by atoms with Crippen LogP contribution in [0.1, 0.15) is 67.0 Å². The summed E-state index contributed by atoms with van der Waals surface area (Å²) in [7, 11) is 0. The number of hydrogen-bond acceptors (Lipinski definition) is 4. The molecule has 0 radical (unpaired) electrons. The van der Waals surface area contributed by atoms with Crippen LogP contribution in [0.5, 0.6) is 0 Å². The maximum absolute atomic E-state index is 12.7. The highest BCUT2D eigenvalue weighted by Crippen LogP contribution is 2.31. The van der Waals surface area contributed by atoms with Crippen LogP contribution in [0.25, 0.3) is 0 Å². The van der Waals surface area contributed by atoms with Gasteiger partial charge in [0.1, 0.15) is 0 Å². The number of nitrogens with zero attached hydrogens (tertiary/aromatic N) is 3. The normalized spacial score (nSPS) is 19.2. The Morgan fingerprint density at radius 2 is 2.33 bits per heavy atom. The molecule has 1 fully saturated rings. The number of carbonyl (C=O) groups excluding carboxylic acids is 1. The molecule has 0 aromatic carbocycles. The third-order valence-corrected chi connectivity index (χ3v) is 3.98. The number of aromatic nitrogens is 3. The zero-order valence-electron chi connectivity index (χ0n) is 12.4. The molecule has 3 heterocycles. The Hall–Kier alpha value is -2.11. The van der Waals surface area contributed by atoms with E-state index in [4.69, 9.17) is 4.52 Å². The highest BCUT2D eigenvalue weighted by Gasteiger charge is 2.31. The lowest BCUT2D eigenvalue weighted by atomic mass is 9.99. The van der Waals surface area contributed by atoms with Gasteiger partial charge >= 0.3 is 0 Å². The van der Waals surface area contributed by atoms with Crippen molar-refractivity contribution in [2.24, 2.45) is 0 Å². The van der Waals surface area contributed by atoms with Crippen LogP contribution in [0.4, 0.5) is 0 Å². The molecule has 1 unspecified atom stereocenters. The van der Waals surface area contributed by atoms with Gasteiger partial charge in [-0.3, -0.25) is 9.89 Å². The van der Waals surface area contributed by atoms with Gasteiger partial charge in [0.15, 0.2) is 0 Å². The van der Waals surface area contributed by atoms with E-state index >= 15 is 0 Å². The second-order valence-electron chi connectivity index (χ2n) is 5.79. The minimum atomic E-state index is -0.0892. The third kappa shape index (κ3) is 2.70. The van der Waals surface area contributed by atoms with Crippen LogP contribution in [0.15, 0.2) is 22.9 Å². The Morgan fingerprint density at radius 1 is 1.48 bits per heavy atom. The van der Waals surface area contributed by atoms with Crippen molar-refractivity contribution in [3.05, 3.63) is 35.5 Å². The first kappa shape index (κ1) is 13.9. The van der Waals surface area contributed by atoms with Gasteiger partial charge in [0.25, 0.3) is 5.91 Å². The highest BCUT2D eigenvalue weighted by molar-refractivity contribution is 5.91. The number of likely N-dealkylation sites (tertiary alicyclic amines) is 1. The van der Waals surface area contributed by atoms with E-state index in [0.29, 0.717) is 5.76 Å². The monoisotopic (exact) mass is 288 g/mol. The molecule has 1 aliphatic heterocycles. The van der Waals surface area contributed by atoms with Crippen LogP contribution in [-0.2, 0) is 0 Å². The molecule has 3 rings (SSSR count). The van der Waals surface area contributed by atoms with Crippen molar-refractivity contribution in [2.75, 3.05) is 6.54 Å². The molecule has 2 aromatic heterocycles. The highest BCUT2D eigenvalue weighted by atomic mass is 16.5. The van der Waals surface area contributed by atoms with Gasteiger partial charge in [0, 0.05) is 18.8 Å².